The van der Waals surface area contributed by atoms with Crippen molar-refractivity contribution in [1.29, 1.82) is 0 Å². The standard InChI is InChI=1S/C20H19F4N3O3S/c1-5-8-26(10-12(2)3)17(28)25-18-27(11-13(4)31-18)14-6-7-15-16(9-14)30-20(23,24)19(21,22)29-15/h1,6-7,9,11-12H,8,10H2,2-4H3/b25-18-. The maximum atomic E-state index is 13.5. The Kier molecular flexibility index (Phi) is 6.04. The summed E-state index contributed by atoms with van der Waals surface area (Å²) < 4.78 is 63.5. The first-order valence-electron chi connectivity index (χ1n) is 9.18. The first kappa shape index (κ1) is 22.7. The Morgan fingerprint density at radius 1 is 1.26 bits per heavy atom. The topological polar surface area (TPSA) is 56.1 Å². The average Bonchev–Trinajstić information content (AvgIpc) is 3.01. The monoisotopic (exact) mass is 457 g/mol. The molecule has 0 saturated heterocycles. The molecule has 31 heavy (non-hydrogen) atoms. The number of aromatic nitrogens is 1. The van der Waals surface area contributed by atoms with Crippen molar-refractivity contribution < 1.29 is 31.8 Å². The van der Waals surface area contributed by atoms with Gasteiger partial charge < -0.3 is 14.4 Å². The normalized spacial score (nSPS) is 16.8. The van der Waals surface area contributed by atoms with E-state index in [1.807, 2.05) is 13.8 Å². The van der Waals surface area contributed by atoms with Gasteiger partial charge in [-0.25, -0.2) is 4.79 Å². The van der Waals surface area contributed by atoms with Crippen molar-refractivity contribution >= 4 is 17.4 Å². The van der Waals surface area contributed by atoms with Crippen LogP contribution < -0.4 is 14.3 Å². The number of alkyl halides is 4. The molecule has 3 rings (SSSR count). The lowest BCUT2D eigenvalue weighted by Crippen LogP contribution is -2.52. The largest absolute Gasteiger partial charge is 0.507 e. The van der Waals surface area contributed by atoms with E-state index in [1.54, 1.807) is 13.1 Å². The summed E-state index contributed by atoms with van der Waals surface area (Å²) in [6.07, 6.45) is -2.66. The molecule has 0 aliphatic carbocycles. The second-order valence-electron chi connectivity index (χ2n) is 7.24. The molecule has 0 bridgehead atoms. The summed E-state index contributed by atoms with van der Waals surface area (Å²) in [5, 5.41) is 0. The van der Waals surface area contributed by atoms with E-state index in [2.05, 4.69) is 20.4 Å². The number of fused-ring (bicyclic) bond motifs is 1. The molecule has 166 valence electrons. The minimum Gasteiger partial charge on any atom is -0.421 e. The van der Waals surface area contributed by atoms with Gasteiger partial charge in [0.15, 0.2) is 16.3 Å². The lowest BCUT2D eigenvalue weighted by Gasteiger charge is -2.31. The van der Waals surface area contributed by atoms with Gasteiger partial charge in [0.25, 0.3) is 0 Å². The SMILES string of the molecule is C#CCN(CC(C)C)C(=O)/N=c1\sc(C)cn1-c1ccc2c(c1)OC(F)(F)C(F)(F)O2. The van der Waals surface area contributed by atoms with Crippen molar-refractivity contribution in [2.45, 2.75) is 33.0 Å². The molecule has 0 radical (unpaired) electrons. The van der Waals surface area contributed by atoms with Crippen LogP contribution in [0.3, 0.4) is 0 Å². The number of benzene rings is 1. The fraction of sp³-hybridized carbons (Fsp3) is 0.400. The summed E-state index contributed by atoms with van der Waals surface area (Å²) >= 11 is 1.19. The van der Waals surface area contributed by atoms with Gasteiger partial charge in [-0.2, -0.15) is 22.6 Å². The number of amides is 2. The molecule has 6 nitrogen and oxygen atoms in total. The molecule has 0 fully saturated rings. The van der Waals surface area contributed by atoms with Crippen LogP contribution in [-0.2, 0) is 0 Å². The molecule has 2 aromatic rings. The third kappa shape index (κ3) is 4.69. The van der Waals surface area contributed by atoms with Gasteiger partial charge in [-0.05, 0) is 25.0 Å². The van der Waals surface area contributed by atoms with E-state index in [1.165, 1.54) is 26.9 Å². The average molecular weight is 457 g/mol. The fourth-order valence-corrected chi connectivity index (χ4v) is 3.66. The van der Waals surface area contributed by atoms with Crippen molar-refractivity contribution in [2.75, 3.05) is 13.1 Å². The van der Waals surface area contributed by atoms with Gasteiger partial charge in [-0.15, -0.1) is 17.8 Å². The first-order valence-corrected chi connectivity index (χ1v) is 9.99. The number of hydrogen-bond acceptors (Lipinski definition) is 4. The van der Waals surface area contributed by atoms with Crippen LogP contribution in [-0.4, -0.2) is 40.8 Å². The molecule has 0 N–H and O–H groups in total. The molecule has 1 aromatic carbocycles. The number of hydrogen-bond donors (Lipinski definition) is 0. The number of urea groups is 1. The summed E-state index contributed by atoms with van der Waals surface area (Å²) in [4.78, 5) is 19.2. The maximum absolute atomic E-state index is 13.5. The number of ether oxygens (including phenoxy) is 2. The summed E-state index contributed by atoms with van der Waals surface area (Å²) in [6.45, 7) is 6.12. The number of carbonyl (C=O) groups is 1. The van der Waals surface area contributed by atoms with Crippen molar-refractivity contribution in [3.05, 3.63) is 34.1 Å². The second-order valence-corrected chi connectivity index (χ2v) is 8.45. The number of carbonyl (C=O) groups excluding carboxylic acids is 1. The molecule has 0 unspecified atom stereocenters. The van der Waals surface area contributed by atoms with E-state index >= 15 is 0 Å². The Labute approximate surface area is 179 Å². The quantitative estimate of drug-likeness (QED) is 0.505. The lowest BCUT2D eigenvalue weighted by atomic mass is 10.2. The van der Waals surface area contributed by atoms with Gasteiger partial charge in [0, 0.05) is 23.7 Å². The van der Waals surface area contributed by atoms with Crippen LogP contribution in [0.2, 0.25) is 0 Å². The maximum Gasteiger partial charge on any atom is 0.507 e. The summed E-state index contributed by atoms with van der Waals surface area (Å²) in [5.74, 6) is 1.50. The Hall–Kier alpha value is -3.00. The number of aryl methyl sites for hydroxylation is 1. The highest BCUT2D eigenvalue weighted by atomic mass is 32.1. The van der Waals surface area contributed by atoms with Crippen LogP contribution in [0.4, 0.5) is 22.4 Å². The van der Waals surface area contributed by atoms with Gasteiger partial charge in [-0.1, -0.05) is 19.8 Å². The van der Waals surface area contributed by atoms with Crippen molar-refractivity contribution in [1.82, 2.24) is 9.47 Å². The molecule has 1 aromatic heterocycles. The van der Waals surface area contributed by atoms with E-state index in [0.717, 1.165) is 17.0 Å². The predicted octanol–water partition coefficient (Wildman–Crippen LogP) is 4.42. The Balaban J connectivity index is 2.01. The highest BCUT2D eigenvalue weighted by Gasteiger charge is 2.65. The third-order valence-corrected chi connectivity index (χ3v) is 5.02. The number of thiazole rings is 1. The number of rotatable bonds is 4. The Bertz CT molecular complexity index is 1100. The van der Waals surface area contributed by atoms with Crippen molar-refractivity contribution in [3.63, 3.8) is 0 Å². The molecule has 1 aliphatic rings. The third-order valence-electron chi connectivity index (χ3n) is 4.12. The molecular weight excluding hydrogens is 438 g/mol. The van der Waals surface area contributed by atoms with Gasteiger partial charge in [0.05, 0.1) is 12.2 Å². The van der Waals surface area contributed by atoms with Gasteiger partial charge in [0.2, 0.25) is 0 Å². The van der Waals surface area contributed by atoms with E-state index < -0.39 is 29.7 Å². The van der Waals surface area contributed by atoms with Crippen LogP contribution in [0.15, 0.2) is 29.4 Å². The van der Waals surface area contributed by atoms with E-state index in [4.69, 9.17) is 6.42 Å². The Morgan fingerprint density at radius 2 is 1.90 bits per heavy atom. The summed E-state index contributed by atoms with van der Waals surface area (Å²) in [6, 6.07) is 3.01. The smallest absolute Gasteiger partial charge is 0.421 e. The molecule has 1 aliphatic heterocycles. The second kappa shape index (κ2) is 8.26. The van der Waals surface area contributed by atoms with E-state index in [0.29, 0.717) is 6.54 Å². The van der Waals surface area contributed by atoms with Gasteiger partial charge >= 0.3 is 18.2 Å². The molecular formula is C20H19F4N3O3S. The van der Waals surface area contributed by atoms with Crippen LogP contribution >= 0.6 is 11.3 Å². The molecule has 2 amide bonds. The van der Waals surface area contributed by atoms with Crippen molar-refractivity contribution in [3.8, 4) is 29.5 Å². The zero-order chi connectivity index (χ0) is 23.0. The minimum absolute atomic E-state index is 0.0815. The predicted molar refractivity (Wildman–Crippen MR) is 106 cm³/mol. The fourth-order valence-electron chi connectivity index (χ4n) is 2.84. The Morgan fingerprint density at radius 3 is 2.52 bits per heavy atom. The van der Waals surface area contributed by atoms with Crippen LogP contribution in [0.25, 0.3) is 5.69 Å². The minimum atomic E-state index is -4.83. The van der Waals surface area contributed by atoms with Crippen molar-refractivity contribution in [2.24, 2.45) is 10.9 Å². The summed E-state index contributed by atoms with van der Waals surface area (Å²) in [7, 11) is 0. The molecule has 11 heteroatoms. The van der Waals surface area contributed by atoms with Gasteiger partial charge in [0.1, 0.15) is 0 Å². The lowest BCUT2D eigenvalue weighted by molar-refractivity contribution is -0.391. The van der Waals surface area contributed by atoms with E-state index in [-0.39, 0.29) is 23.0 Å². The number of halogens is 4. The number of nitrogens with zero attached hydrogens (tertiary/aromatic N) is 3. The van der Waals surface area contributed by atoms with Crippen LogP contribution in [0.1, 0.15) is 18.7 Å². The zero-order valence-electron chi connectivity index (χ0n) is 16.9. The molecule has 0 spiro atoms. The summed E-state index contributed by atoms with van der Waals surface area (Å²) in [5.41, 5.74) is 0.270. The van der Waals surface area contributed by atoms with Crippen LogP contribution in [0, 0.1) is 25.2 Å². The molecule has 0 saturated carbocycles. The number of terminal acetylenes is 1. The molecule has 2 heterocycles. The highest BCUT2D eigenvalue weighted by Crippen LogP contribution is 2.47. The van der Waals surface area contributed by atoms with E-state index in [9.17, 15) is 22.4 Å². The molecule has 0 atom stereocenters. The van der Waals surface area contributed by atoms with Crippen LogP contribution in [0.5, 0.6) is 11.5 Å². The zero-order valence-corrected chi connectivity index (χ0v) is 17.7. The van der Waals surface area contributed by atoms with Gasteiger partial charge in [-0.3, -0.25) is 4.57 Å². The first-order chi connectivity index (χ1) is 14.4. The highest BCUT2D eigenvalue weighted by molar-refractivity contribution is 7.09.